The topological polar surface area (TPSA) is 92.0 Å². The van der Waals surface area contributed by atoms with E-state index in [1.54, 1.807) is 6.26 Å². The molecular formula is C6H7N3O2S2. The monoisotopic (exact) mass is 217 g/mol. The highest BCUT2D eigenvalue weighted by molar-refractivity contribution is 7.98. The first-order valence-corrected chi connectivity index (χ1v) is 4.86. The van der Waals surface area contributed by atoms with Gasteiger partial charge in [-0.2, -0.15) is 0 Å². The van der Waals surface area contributed by atoms with Crippen LogP contribution in [0.25, 0.3) is 0 Å². The summed E-state index contributed by atoms with van der Waals surface area (Å²) in [5.74, 6) is -0.975. The minimum absolute atomic E-state index is 0.00306. The van der Waals surface area contributed by atoms with Gasteiger partial charge in [0.05, 0.1) is 0 Å². The maximum atomic E-state index is 10.7. The fourth-order valence-corrected chi connectivity index (χ4v) is 1.74. The van der Waals surface area contributed by atoms with Gasteiger partial charge in [0.2, 0.25) is 0 Å². The van der Waals surface area contributed by atoms with Crippen LogP contribution in [0, 0.1) is 4.64 Å². The summed E-state index contributed by atoms with van der Waals surface area (Å²) in [6, 6.07) is 0. The third-order valence-corrected chi connectivity index (χ3v) is 2.30. The fourth-order valence-electron chi connectivity index (χ4n) is 0.805. The summed E-state index contributed by atoms with van der Waals surface area (Å²) >= 11 is 5.99. The van der Waals surface area contributed by atoms with Crippen LogP contribution in [-0.2, 0) is 0 Å². The Morgan fingerprint density at radius 2 is 2.38 bits per heavy atom. The number of carboxylic acids is 1. The first-order valence-electron chi connectivity index (χ1n) is 3.23. The zero-order chi connectivity index (χ0) is 10.0. The van der Waals surface area contributed by atoms with Gasteiger partial charge in [0.25, 0.3) is 0 Å². The van der Waals surface area contributed by atoms with Crippen LogP contribution in [0.3, 0.4) is 0 Å². The van der Waals surface area contributed by atoms with Gasteiger partial charge in [-0.3, -0.25) is 0 Å². The second-order valence-electron chi connectivity index (χ2n) is 2.14. The van der Waals surface area contributed by atoms with E-state index in [2.05, 4.69) is 9.97 Å². The third kappa shape index (κ3) is 1.99. The lowest BCUT2D eigenvalue weighted by Crippen LogP contribution is -2.06. The minimum atomic E-state index is -1.10. The molecule has 0 aliphatic heterocycles. The van der Waals surface area contributed by atoms with E-state index < -0.39 is 5.97 Å². The van der Waals surface area contributed by atoms with Crippen molar-refractivity contribution in [3.05, 3.63) is 10.2 Å². The average molecular weight is 217 g/mol. The highest BCUT2D eigenvalue weighted by atomic mass is 32.2. The molecule has 4 N–H and O–H groups in total. The van der Waals surface area contributed by atoms with E-state index in [4.69, 9.17) is 23.1 Å². The molecule has 0 spiro atoms. The molecule has 0 aliphatic carbocycles. The Kier molecular flexibility index (Phi) is 2.89. The summed E-state index contributed by atoms with van der Waals surface area (Å²) < 4.78 is 0.101. The predicted molar refractivity (Wildman–Crippen MR) is 52.6 cm³/mol. The van der Waals surface area contributed by atoms with E-state index in [0.29, 0.717) is 5.03 Å². The number of aromatic nitrogens is 2. The zero-order valence-electron chi connectivity index (χ0n) is 6.70. The van der Waals surface area contributed by atoms with E-state index in [0.717, 1.165) is 0 Å². The minimum Gasteiger partial charge on any atom is -0.477 e. The van der Waals surface area contributed by atoms with Gasteiger partial charge in [-0.25, -0.2) is 9.78 Å². The molecule has 0 unspecified atom stereocenters. The van der Waals surface area contributed by atoms with Crippen molar-refractivity contribution in [2.24, 2.45) is 0 Å². The zero-order valence-corrected chi connectivity index (χ0v) is 8.33. The second kappa shape index (κ2) is 3.75. The van der Waals surface area contributed by atoms with Crippen LogP contribution in [0.2, 0.25) is 0 Å². The molecular weight excluding hydrogens is 210 g/mol. The Bertz CT molecular complexity index is 401. The number of carbonyl (C=O) groups is 1. The molecule has 70 valence electrons. The highest BCUT2D eigenvalue weighted by Gasteiger charge is 2.13. The van der Waals surface area contributed by atoms with Crippen molar-refractivity contribution >= 4 is 35.9 Å². The number of nitrogens with two attached hydrogens (primary N) is 1. The van der Waals surface area contributed by atoms with Gasteiger partial charge < -0.3 is 15.8 Å². The molecule has 0 aliphatic rings. The van der Waals surface area contributed by atoms with Crippen LogP contribution in [0.5, 0.6) is 0 Å². The number of nitrogen functional groups attached to an aromatic ring is 1. The molecule has 1 heterocycles. The number of carboxylic acid groups (broad SMARTS) is 1. The molecule has 0 atom stereocenters. The lowest BCUT2D eigenvalue weighted by Gasteiger charge is -2.02. The van der Waals surface area contributed by atoms with E-state index >= 15 is 0 Å². The Hall–Kier alpha value is -1.08. The van der Waals surface area contributed by atoms with Crippen LogP contribution in [0.4, 0.5) is 5.95 Å². The number of hydrogen-bond donors (Lipinski definition) is 3. The Labute approximate surface area is 83.4 Å². The van der Waals surface area contributed by atoms with Crippen LogP contribution in [-0.4, -0.2) is 27.3 Å². The quantitative estimate of drug-likeness (QED) is 0.391. The largest absolute Gasteiger partial charge is 0.477 e. The van der Waals surface area contributed by atoms with Gasteiger partial charge in [-0.15, -0.1) is 11.8 Å². The van der Waals surface area contributed by atoms with Crippen molar-refractivity contribution < 1.29 is 9.90 Å². The standard InChI is InChI=1S/C6H7N3O2S2/c1-13-4-2(5(10)11)3(12)8-6(7)9-4/h1H3,(H,10,11)(H3,7,8,9,12). The molecule has 0 amide bonds. The number of anilines is 1. The summed E-state index contributed by atoms with van der Waals surface area (Å²) in [6.45, 7) is 0. The van der Waals surface area contributed by atoms with Crippen molar-refractivity contribution in [3.8, 4) is 0 Å². The molecule has 0 aromatic carbocycles. The van der Waals surface area contributed by atoms with Crippen LogP contribution >= 0.6 is 24.0 Å². The fraction of sp³-hybridized carbons (Fsp3) is 0.167. The average Bonchev–Trinajstić information content (AvgIpc) is 2.01. The smallest absolute Gasteiger partial charge is 0.341 e. The van der Waals surface area contributed by atoms with Gasteiger partial charge >= 0.3 is 5.97 Å². The van der Waals surface area contributed by atoms with Crippen molar-refractivity contribution in [2.75, 3.05) is 12.0 Å². The first kappa shape index (κ1) is 10.0. The predicted octanol–water partition coefficient (Wildman–Crippen LogP) is 1.14. The number of hydrogen-bond acceptors (Lipinski definition) is 5. The molecule has 0 bridgehead atoms. The molecule has 1 aromatic heterocycles. The van der Waals surface area contributed by atoms with Crippen molar-refractivity contribution in [2.45, 2.75) is 5.03 Å². The Balaban J connectivity index is 3.48. The van der Waals surface area contributed by atoms with E-state index in [-0.39, 0.29) is 16.2 Å². The van der Waals surface area contributed by atoms with Crippen LogP contribution in [0.15, 0.2) is 5.03 Å². The number of rotatable bonds is 2. The van der Waals surface area contributed by atoms with Crippen molar-refractivity contribution in [1.82, 2.24) is 9.97 Å². The number of thioether (sulfide) groups is 1. The summed E-state index contributed by atoms with van der Waals surface area (Å²) in [6.07, 6.45) is 1.71. The summed E-state index contributed by atoms with van der Waals surface area (Å²) in [4.78, 5) is 17.0. The maximum Gasteiger partial charge on any atom is 0.341 e. The van der Waals surface area contributed by atoms with Gasteiger partial charge in [-0.05, 0) is 6.26 Å². The Morgan fingerprint density at radius 3 is 2.85 bits per heavy atom. The molecule has 0 radical (unpaired) electrons. The Morgan fingerprint density at radius 1 is 1.77 bits per heavy atom. The second-order valence-corrected chi connectivity index (χ2v) is 3.34. The molecule has 0 fully saturated rings. The van der Waals surface area contributed by atoms with E-state index in [9.17, 15) is 4.79 Å². The molecule has 13 heavy (non-hydrogen) atoms. The summed E-state index contributed by atoms with van der Waals surface area (Å²) in [7, 11) is 0. The van der Waals surface area contributed by atoms with Gasteiger partial charge in [0.15, 0.2) is 5.95 Å². The number of nitrogens with one attached hydrogen (secondary N) is 1. The number of aromatic carboxylic acids is 1. The van der Waals surface area contributed by atoms with Gasteiger partial charge in [0, 0.05) is 0 Å². The number of H-pyrrole nitrogens is 1. The van der Waals surface area contributed by atoms with Crippen molar-refractivity contribution in [1.29, 1.82) is 0 Å². The summed E-state index contributed by atoms with van der Waals surface area (Å²) in [5, 5.41) is 9.12. The van der Waals surface area contributed by atoms with E-state index in [1.807, 2.05) is 0 Å². The normalized spacial score (nSPS) is 9.92. The molecule has 0 saturated carbocycles. The number of nitrogens with zero attached hydrogens (tertiary/aromatic N) is 1. The van der Waals surface area contributed by atoms with Gasteiger partial charge in [0.1, 0.15) is 15.2 Å². The maximum absolute atomic E-state index is 10.7. The van der Waals surface area contributed by atoms with Gasteiger partial charge in [-0.1, -0.05) is 12.2 Å². The van der Waals surface area contributed by atoms with Crippen molar-refractivity contribution in [3.63, 3.8) is 0 Å². The SMILES string of the molecule is CSc1nc(N)[nH]c(=S)c1C(=O)O. The molecule has 7 heteroatoms. The lowest BCUT2D eigenvalue weighted by molar-refractivity contribution is 0.0691. The molecule has 5 nitrogen and oxygen atoms in total. The first-order chi connectivity index (χ1) is 6.06. The lowest BCUT2D eigenvalue weighted by atomic mass is 10.3. The molecule has 1 rings (SSSR count). The molecule has 0 saturated heterocycles. The van der Waals surface area contributed by atoms with Crippen LogP contribution in [0.1, 0.15) is 10.4 Å². The molecule has 1 aromatic rings. The highest BCUT2D eigenvalue weighted by Crippen LogP contribution is 2.18. The summed E-state index contributed by atoms with van der Waals surface area (Å²) in [5.41, 5.74) is 5.36. The van der Waals surface area contributed by atoms with E-state index in [1.165, 1.54) is 11.8 Å². The third-order valence-electron chi connectivity index (χ3n) is 1.31. The van der Waals surface area contributed by atoms with Crippen LogP contribution < -0.4 is 5.73 Å². The number of aromatic amines is 1.